The summed E-state index contributed by atoms with van der Waals surface area (Å²) in [5.74, 6) is -1.21. The van der Waals surface area contributed by atoms with Crippen LogP contribution in [0.5, 0.6) is 0 Å². The van der Waals surface area contributed by atoms with Gasteiger partial charge in [-0.1, -0.05) is 25.5 Å². The van der Waals surface area contributed by atoms with Gasteiger partial charge in [0.05, 0.1) is 4.90 Å². The fraction of sp³-hybridized carbons (Fsp3) is 0.417. The number of sulfonamides is 1. The Morgan fingerprint density at radius 1 is 1.33 bits per heavy atom. The van der Waals surface area contributed by atoms with Crippen LogP contribution in [0.3, 0.4) is 0 Å². The van der Waals surface area contributed by atoms with E-state index < -0.39 is 22.0 Å². The Labute approximate surface area is 107 Å². The quantitative estimate of drug-likeness (QED) is 0.819. The zero-order valence-corrected chi connectivity index (χ0v) is 11.2. The first-order valence-corrected chi connectivity index (χ1v) is 7.19. The number of aliphatic carboxylic acids is 1. The van der Waals surface area contributed by atoms with E-state index in [1.807, 2.05) is 6.92 Å². The van der Waals surface area contributed by atoms with Crippen molar-refractivity contribution in [3.63, 3.8) is 0 Å². The second-order valence-electron chi connectivity index (χ2n) is 4.08. The number of carboxylic acids is 1. The van der Waals surface area contributed by atoms with Crippen LogP contribution in [0.25, 0.3) is 0 Å². The van der Waals surface area contributed by atoms with Gasteiger partial charge in [-0.3, -0.25) is 4.79 Å². The van der Waals surface area contributed by atoms with E-state index in [2.05, 4.69) is 4.72 Å². The Bertz CT molecular complexity index is 507. The van der Waals surface area contributed by atoms with Gasteiger partial charge >= 0.3 is 5.97 Å². The zero-order chi connectivity index (χ0) is 13.8. The molecule has 0 amide bonds. The van der Waals surface area contributed by atoms with E-state index in [9.17, 15) is 13.2 Å². The fourth-order valence-electron chi connectivity index (χ4n) is 1.48. The van der Waals surface area contributed by atoms with E-state index in [1.165, 1.54) is 19.1 Å². The van der Waals surface area contributed by atoms with Crippen LogP contribution in [0, 0.1) is 0 Å². The summed E-state index contributed by atoms with van der Waals surface area (Å²) in [5, 5.41) is 8.68. The molecule has 1 aromatic carbocycles. The third kappa shape index (κ3) is 3.82. The van der Waals surface area contributed by atoms with Crippen molar-refractivity contribution in [2.75, 3.05) is 0 Å². The minimum Gasteiger partial charge on any atom is -0.480 e. The van der Waals surface area contributed by atoms with Gasteiger partial charge in [0.15, 0.2) is 0 Å². The lowest BCUT2D eigenvalue weighted by Crippen LogP contribution is -2.38. The monoisotopic (exact) mass is 271 g/mol. The summed E-state index contributed by atoms with van der Waals surface area (Å²) in [6.07, 6.45) is 1.87. The third-order valence-electron chi connectivity index (χ3n) is 2.47. The van der Waals surface area contributed by atoms with Crippen molar-refractivity contribution in [3.05, 3.63) is 29.8 Å². The lowest BCUT2D eigenvalue weighted by atomic mass is 10.1. The van der Waals surface area contributed by atoms with Crippen LogP contribution in [0.2, 0.25) is 0 Å². The van der Waals surface area contributed by atoms with Gasteiger partial charge in [-0.05, 0) is 31.0 Å². The first kappa shape index (κ1) is 14.7. The van der Waals surface area contributed by atoms with E-state index >= 15 is 0 Å². The predicted molar refractivity (Wildman–Crippen MR) is 67.9 cm³/mol. The average molecular weight is 271 g/mol. The first-order valence-electron chi connectivity index (χ1n) is 5.71. The van der Waals surface area contributed by atoms with Crippen molar-refractivity contribution >= 4 is 16.0 Å². The molecule has 2 N–H and O–H groups in total. The number of rotatable bonds is 6. The molecule has 0 spiro atoms. The molecule has 0 aromatic heterocycles. The predicted octanol–water partition coefficient (Wildman–Crippen LogP) is 1.39. The van der Waals surface area contributed by atoms with E-state index in [4.69, 9.17) is 5.11 Å². The fourth-order valence-corrected chi connectivity index (χ4v) is 2.67. The van der Waals surface area contributed by atoms with Crippen LogP contribution < -0.4 is 4.72 Å². The highest BCUT2D eigenvalue weighted by Crippen LogP contribution is 2.12. The number of carbonyl (C=O) groups is 1. The number of benzene rings is 1. The molecule has 100 valence electrons. The largest absolute Gasteiger partial charge is 0.480 e. The van der Waals surface area contributed by atoms with Crippen molar-refractivity contribution in [1.29, 1.82) is 0 Å². The van der Waals surface area contributed by atoms with Gasteiger partial charge < -0.3 is 5.11 Å². The van der Waals surface area contributed by atoms with Gasteiger partial charge in [0.25, 0.3) is 0 Å². The second-order valence-corrected chi connectivity index (χ2v) is 5.79. The number of hydrogen-bond donors (Lipinski definition) is 2. The van der Waals surface area contributed by atoms with E-state index in [0.29, 0.717) is 0 Å². The molecular weight excluding hydrogens is 254 g/mol. The van der Waals surface area contributed by atoms with Gasteiger partial charge in [-0.2, -0.15) is 4.72 Å². The Balaban J connectivity index is 2.88. The van der Waals surface area contributed by atoms with Gasteiger partial charge in [0.2, 0.25) is 10.0 Å². The van der Waals surface area contributed by atoms with E-state index in [0.717, 1.165) is 18.4 Å². The van der Waals surface area contributed by atoms with Crippen LogP contribution in [0.15, 0.2) is 29.2 Å². The molecule has 0 aliphatic heterocycles. The third-order valence-corrected chi connectivity index (χ3v) is 4.03. The first-order chi connectivity index (χ1) is 8.36. The maximum atomic E-state index is 11.8. The number of aryl methyl sites for hydroxylation is 1. The Morgan fingerprint density at radius 2 is 1.89 bits per heavy atom. The van der Waals surface area contributed by atoms with Crippen molar-refractivity contribution in [3.8, 4) is 0 Å². The van der Waals surface area contributed by atoms with Crippen LogP contribution in [-0.4, -0.2) is 25.5 Å². The number of nitrogens with one attached hydrogen (secondary N) is 1. The molecule has 0 saturated carbocycles. The van der Waals surface area contributed by atoms with Crippen molar-refractivity contribution in [2.45, 2.75) is 37.6 Å². The summed E-state index contributed by atoms with van der Waals surface area (Å²) < 4.78 is 25.8. The Hall–Kier alpha value is -1.40. The van der Waals surface area contributed by atoms with Crippen molar-refractivity contribution in [2.24, 2.45) is 0 Å². The number of carboxylic acid groups (broad SMARTS) is 1. The SMILES string of the molecule is CCCc1ccc(S(=O)(=O)NC(C)C(=O)O)cc1. The van der Waals surface area contributed by atoms with Crippen LogP contribution in [0.1, 0.15) is 25.8 Å². The molecule has 1 atom stereocenters. The molecule has 0 heterocycles. The molecule has 1 aromatic rings. The summed E-state index contributed by atoms with van der Waals surface area (Å²) in [4.78, 5) is 10.7. The smallest absolute Gasteiger partial charge is 0.321 e. The number of hydrogen-bond acceptors (Lipinski definition) is 3. The molecule has 0 aliphatic rings. The molecule has 0 fully saturated rings. The summed E-state index contributed by atoms with van der Waals surface area (Å²) in [6, 6.07) is 5.31. The van der Waals surface area contributed by atoms with Crippen LogP contribution >= 0.6 is 0 Å². The average Bonchev–Trinajstić information content (AvgIpc) is 2.29. The molecule has 0 bridgehead atoms. The Kier molecular flexibility index (Phi) is 4.86. The summed E-state index contributed by atoms with van der Waals surface area (Å²) in [6.45, 7) is 3.33. The minimum absolute atomic E-state index is 0.0791. The van der Waals surface area contributed by atoms with Gasteiger partial charge in [-0.15, -0.1) is 0 Å². The molecule has 1 unspecified atom stereocenters. The maximum absolute atomic E-state index is 11.8. The molecule has 0 aliphatic carbocycles. The normalized spacial score (nSPS) is 13.2. The highest BCUT2D eigenvalue weighted by Gasteiger charge is 2.21. The minimum atomic E-state index is -3.77. The van der Waals surface area contributed by atoms with Crippen molar-refractivity contribution < 1.29 is 18.3 Å². The molecule has 6 heteroatoms. The zero-order valence-electron chi connectivity index (χ0n) is 10.4. The molecule has 5 nitrogen and oxygen atoms in total. The highest BCUT2D eigenvalue weighted by molar-refractivity contribution is 7.89. The van der Waals surface area contributed by atoms with Gasteiger partial charge in [0, 0.05) is 0 Å². The summed E-state index contributed by atoms with van der Waals surface area (Å²) >= 11 is 0. The molecule has 18 heavy (non-hydrogen) atoms. The Morgan fingerprint density at radius 3 is 2.33 bits per heavy atom. The molecular formula is C12H17NO4S. The standard InChI is InChI=1S/C12H17NO4S/c1-3-4-10-5-7-11(8-6-10)18(16,17)13-9(2)12(14)15/h5-9,13H,3-4H2,1-2H3,(H,14,15). The molecule has 0 saturated heterocycles. The van der Waals surface area contributed by atoms with Crippen LogP contribution in [0.4, 0.5) is 0 Å². The van der Waals surface area contributed by atoms with E-state index in [1.54, 1.807) is 12.1 Å². The van der Waals surface area contributed by atoms with Crippen LogP contribution in [-0.2, 0) is 21.2 Å². The van der Waals surface area contributed by atoms with Crippen molar-refractivity contribution in [1.82, 2.24) is 4.72 Å². The highest BCUT2D eigenvalue weighted by atomic mass is 32.2. The summed E-state index contributed by atoms with van der Waals surface area (Å²) in [7, 11) is -3.77. The van der Waals surface area contributed by atoms with Gasteiger partial charge in [0.1, 0.15) is 6.04 Å². The molecule has 1 rings (SSSR count). The second kappa shape index (κ2) is 5.97. The topological polar surface area (TPSA) is 83.5 Å². The lowest BCUT2D eigenvalue weighted by molar-refractivity contribution is -0.138. The van der Waals surface area contributed by atoms with E-state index in [-0.39, 0.29) is 4.90 Å². The lowest BCUT2D eigenvalue weighted by Gasteiger charge is -2.10. The maximum Gasteiger partial charge on any atom is 0.321 e. The molecule has 0 radical (unpaired) electrons. The summed E-state index contributed by atoms with van der Waals surface area (Å²) in [5.41, 5.74) is 1.06. The van der Waals surface area contributed by atoms with Gasteiger partial charge in [-0.25, -0.2) is 8.42 Å².